The van der Waals surface area contributed by atoms with Crippen LogP contribution in [0.5, 0.6) is 0 Å². The Morgan fingerprint density at radius 2 is 1.86 bits per heavy atom. The van der Waals surface area contributed by atoms with Crippen molar-refractivity contribution < 1.29 is 21.3 Å². The van der Waals surface area contributed by atoms with Crippen molar-refractivity contribution >= 4 is 37.1 Å². The van der Waals surface area contributed by atoms with E-state index >= 15 is 0 Å². The molecule has 29 heavy (non-hydrogen) atoms. The summed E-state index contributed by atoms with van der Waals surface area (Å²) in [6.07, 6.45) is 1.44. The molecule has 0 atom stereocenters. The first-order valence-corrected chi connectivity index (χ1v) is 13.1. The number of furan rings is 1. The van der Waals surface area contributed by atoms with E-state index in [-0.39, 0.29) is 17.2 Å². The monoisotopic (exact) mass is 452 g/mol. The van der Waals surface area contributed by atoms with Crippen molar-refractivity contribution in [2.45, 2.75) is 24.3 Å². The normalized spacial score (nSPS) is 16.8. The van der Waals surface area contributed by atoms with Gasteiger partial charge in [0.1, 0.15) is 11.5 Å². The van der Waals surface area contributed by atoms with Gasteiger partial charge in [-0.2, -0.15) is 0 Å². The molecule has 0 aliphatic carbocycles. The third-order valence-electron chi connectivity index (χ3n) is 4.65. The van der Waals surface area contributed by atoms with Gasteiger partial charge in [-0.05, 0) is 60.7 Å². The van der Waals surface area contributed by atoms with Crippen LogP contribution in [0.4, 0.5) is 5.69 Å². The summed E-state index contributed by atoms with van der Waals surface area (Å²) in [5.41, 5.74) is 0.482. The molecule has 1 aliphatic rings. The van der Waals surface area contributed by atoms with Gasteiger partial charge in [-0.15, -0.1) is 11.3 Å². The van der Waals surface area contributed by atoms with Gasteiger partial charge in [0.2, 0.25) is 20.0 Å². The number of nitrogens with one attached hydrogen (secondary N) is 1. The third kappa shape index (κ3) is 4.40. The van der Waals surface area contributed by atoms with Crippen molar-refractivity contribution in [3.8, 4) is 10.6 Å². The number of rotatable bonds is 6. The SMILES string of the molecule is O=S(=O)(NCc1ccc(-c2cccs2)o1)c1ccc(N2CCCCS2(=O)=O)cc1. The quantitative estimate of drug-likeness (QED) is 0.618. The van der Waals surface area contributed by atoms with Crippen LogP contribution in [0, 0.1) is 0 Å². The van der Waals surface area contributed by atoms with Gasteiger partial charge < -0.3 is 4.42 Å². The predicted octanol–water partition coefficient (Wildman–Crippen LogP) is 3.42. The third-order valence-corrected chi connectivity index (χ3v) is 8.82. The maximum Gasteiger partial charge on any atom is 0.240 e. The molecule has 4 rings (SSSR count). The number of nitrogens with zero attached hydrogens (tertiary/aromatic N) is 1. The zero-order valence-corrected chi connectivity index (χ0v) is 17.9. The molecule has 1 fully saturated rings. The molecule has 10 heteroatoms. The molecule has 0 spiro atoms. The molecule has 1 aliphatic heterocycles. The topological polar surface area (TPSA) is 96.7 Å². The highest BCUT2D eigenvalue weighted by Crippen LogP contribution is 2.27. The van der Waals surface area contributed by atoms with E-state index in [2.05, 4.69) is 4.72 Å². The van der Waals surface area contributed by atoms with Gasteiger partial charge in [-0.3, -0.25) is 4.31 Å². The fourth-order valence-electron chi connectivity index (χ4n) is 3.14. The van der Waals surface area contributed by atoms with Crippen molar-refractivity contribution in [1.82, 2.24) is 4.72 Å². The van der Waals surface area contributed by atoms with E-state index in [9.17, 15) is 16.8 Å². The minimum Gasteiger partial charge on any atom is -0.459 e. The van der Waals surface area contributed by atoms with Crippen LogP contribution in [0.2, 0.25) is 0 Å². The van der Waals surface area contributed by atoms with E-state index in [0.717, 1.165) is 11.3 Å². The van der Waals surface area contributed by atoms with Crippen molar-refractivity contribution in [2.75, 3.05) is 16.6 Å². The molecular weight excluding hydrogens is 432 g/mol. The predicted molar refractivity (Wildman–Crippen MR) is 113 cm³/mol. The number of thiophene rings is 1. The largest absolute Gasteiger partial charge is 0.459 e. The van der Waals surface area contributed by atoms with E-state index in [0.29, 0.717) is 30.2 Å². The molecule has 7 nitrogen and oxygen atoms in total. The minimum atomic E-state index is -3.75. The maximum absolute atomic E-state index is 12.6. The standard InChI is InChI=1S/C19H20N2O5S3/c22-28(23)13-2-1-11-21(28)15-5-8-17(9-6-15)29(24,25)20-14-16-7-10-18(26-16)19-4-3-12-27-19/h3-10,12,20H,1-2,11,13-14H2. The fourth-order valence-corrected chi connectivity index (χ4v) is 6.46. The number of hydrogen-bond acceptors (Lipinski definition) is 6. The summed E-state index contributed by atoms with van der Waals surface area (Å²) < 4.78 is 59.1. The van der Waals surface area contributed by atoms with E-state index < -0.39 is 20.0 Å². The van der Waals surface area contributed by atoms with Crippen molar-refractivity contribution in [1.29, 1.82) is 0 Å². The molecule has 1 aromatic carbocycles. The summed E-state index contributed by atoms with van der Waals surface area (Å²) in [4.78, 5) is 1.04. The second-order valence-corrected chi connectivity index (χ2v) is 11.4. The van der Waals surface area contributed by atoms with Crippen LogP contribution in [-0.2, 0) is 26.6 Å². The van der Waals surface area contributed by atoms with Crippen molar-refractivity contribution in [2.24, 2.45) is 0 Å². The maximum atomic E-state index is 12.6. The molecule has 3 aromatic rings. The van der Waals surface area contributed by atoms with E-state index in [4.69, 9.17) is 4.42 Å². The Morgan fingerprint density at radius 3 is 2.55 bits per heavy atom. The summed E-state index contributed by atoms with van der Waals surface area (Å²) >= 11 is 1.54. The second kappa shape index (κ2) is 7.94. The number of sulfonamides is 2. The Hall–Kier alpha value is -2.14. The highest BCUT2D eigenvalue weighted by Gasteiger charge is 2.26. The van der Waals surface area contributed by atoms with E-state index in [1.54, 1.807) is 17.4 Å². The molecule has 0 radical (unpaired) electrons. The average Bonchev–Trinajstić information content (AvgIpc) is 3.38. The summed E-state index contributed by atoms with van der Waals surface area (Å²) in [5, 5.41) is 1.94. The molecule has 0 unspecified atom stereocenters. The lowest BCUT2D eigenvalue weighted by Crippen LogP contribution is -2.37. The van der Waals surface area contributed by atoms with Gasteiger partial charge in [0, 0.05) is 6.54 Å². The molecule has 0 saturated carbocycles. The second-order valence-electron chi connectivity index (χ2n) is 6.66. The van der Waals surface area contributed by atoms with E-state index in [1.807, 2.05) is 23.6 Å². The first-order valence-electron chi connectivity index (χ1n) is 9.08. The zero-order valence-electron chi connectivity index (χ0n) is 15.4. The zero-order chi connectivity index (χ0) is 20.5. The number of hydrogen-bond donors (Lipinski definition) is 1. The van der Waals surface area contributed by atoms with Gasteiger partial charge in [-0.1, -0.05) is 6.07 Å². The minimum absolute atomic E-state index is 0.0238. The molecule has 1 N–H and O–H groups in total. The summed E-state index contributed by atoms with van der Waals surface area (Å²) in [6.45, 7) is 0.438. The van der Waals surface area contributed by atoms with Crippen LogP contribution < -0.4 is 9.03 Å². The molecule has 3 heterocycles. The Balaban J connectivity index is 1.45. The summed E-state index contributed by atoms with van der Waals surface area (Å²) in [6, 6.07) is 13.3. The first kappa shape index (κ1) is 20.1. The molecule has 1 saturated heterocycles. The van der Waals surface area contributed by atoms with Crippen LogP contribution in [0.3, 0.4) is 0 Å². The van der Waals surface area contributed by atoms with Crippen LogP contribution in [-0.4, -0.2) is 29.1 Å². The molecule has 0 amide bonds. The van der Waals surface area contributed by atoms with Crippen LogP contribution >= 0.6 is 11.3 Å². The van der Waals surface area contributed by atoms with Gasteiger partial charge in [0.25, 0.3) is 0 Å². The van der Waals surface area contributed by atoms with E-state index in [1.165, 1.54) is 28.6 Å². The Bertz CT molecular complexity index is 1180. The molecule has 0 bridgehead atoms. The number of anilines is 1. The van der Waals surface area contributed by atoms with Gasteiger partial charge in [0.05, 0.1) is 27.8 Å². The highest BCUT2D eigenvalue weighted by atomic mass is 32.2. The van der Waals surface area contributed by atoms with Crippen LogP contribution in [0.25, 0.3) is 10.6 Å². The summed E-state index contributed by atoms with van der Waals surface area (Å²) in [5.74, 6) is 1.32. The summed E-state index contributed by atoms with van der Waals surface area (Å²) in [7, 11) is -7.09. The first-order chi connectivity index (χ1) is 13.9. The Kier molecular flexibility index (Phi) is 5.52. The van der Waals surface area contributed by atoms with Crippen LogP contribution in [0.15, 0.2) is 63.2 Å². The average molecular weight is 453 g/mol. The van der Waals surface area contributed by atoms with Crippen molar-refractivity contribution in [3.05, 3.63) is 59.7 Å². The lowest BCUT2D eigenvalue weighted by Gasteiger charge is -2.28. The smallest absolute Gasteiger partial charge is 0.240 e. The van der Waals surface area contributed by atoms with Gasteiger partial charge in [0.15, 0.2) is 0 Å². The Morgan fingerprint density at radius 1 is 1.07 bits per heavy atom. The molecular formula is C19H20N2O5S3. The number of benzene rings is 1. The van der Waals surface area contributed by atoms with Crippen LogP contribution in [0.1, 0.15) is 18.6 Å². The lowest BCUT2D eigenvalue weighted by atomic mass is 10.3. The highest BCUT2D eigenvalue weighted by molar-refractivity contribution is 7.92. The van der Waals surface area contributed by atoms with Gasteiger partial charge >= 0.3 is 0 Å². The fraction of sp³-hybridized carbons (Fsp3) is 0.263. The molecule has 2 aromatic heterocycles. The lowest BCUT2D eigenvalue weighted by molar-refractivity contribution is 0.510. The van der Waals surface area contributed by atoms with Gasteiger partial charge in [-0.25, -0.2) is 21.6 Å². The van der Waals surface area contributed by atoms with Crippen molar-refractivity contribution in [3.63, 3.8) is 0 Å². The molecule has 154 valence electrons. The Labute approximate surface area is 174 Å².